The monoisotopic (exact) mass is 373 g/mol. The van der Waals surface area contributed by atoms with Gasteiger partial charge in [-0.15, -0.1) is 0 Å². The van der Waals surface area contributed by atoms with Gasteiger partial charge in [0.1, 0.15) is 22.3 Å². The van der Waals surface area contributed by atoms with E-state index in [9.17, 15) is 9.18 Å². The third kappa shape index (κ3) is 3.55. The van der Waals surface area contributed by atoms with Gasteiger partial charge >= 0.3 is 0 Å². The molecule has 5 nitrogen and oxygen atoms in total. The highest BCUT2D eigenvalue weighted by atomic mass is 35.5. The molecule has 7 heteroatoms. The second kappa shape index (κ2) is 7.58. The number of amides is 1. The van der Waals surface area contributed by atoms with Crippen LogP contribution in [0.2, 0.25) is 5.15 Å². The van der Waals surface area contributed by atoms with Crippen molar-refractivity contribution in [3.8, 4) is 11.4 Å². The van der Waals surface area contributed by atoms with E-state index in [4.69, 9.17) is 16.3 Å². The number of para-hydroxylation sites is 2. The Bertz CT molecular complexity index is 938. The maximum Gasteiger partial charge on any atom is 0.260 e. The Hall–Kier alpha value is -2.86. The first-order valence-corrected chi connectivity index (χ1v) is 8.43. The SMILES string of the molecule is CCOc1ccccc1NC(=O)c1c(C)nn(-c2ccc(F)cc2)c1Cl. The third-order valence-corrected chi connectivity index (χ3v) is 4.09. The predicted molar refractivity (Wildman–Crippen MR) is 98.8 cm³/mol. The lowest BCUT2D eigenvalue weighted by Crippen LogP contribution is -2.14. The largest absolute Gasteiger partial charge is 0.492 e. The predicted octanol–water partition coefficient (Wildman–Crippen LogP) is 4.62. The molecule has 0 aliphatic rings. The van der Waals surface area contributed by atoms with Gasteiger partial charge in [0.05, 0.1) is 23.7 Å². The lowest BCUT2D eigenvalue weighted by molar-refractivity contribution is 0.102. The minimum Gasteiger partial charge on any atom is -0.492 e. The summed E-state index contributed by atoms with van der Waals surface area (Å²) in [6, 6.07) is 12.8. The van der Waals surface area contributed by atoms with Gasteiger partial charge < -0.3 is 10.1 Å². The minimum absolute atomic E-state index is 0.153. The molecule has 0 atom stereocenters. The normalized spacial score (nSPS) is 10.6. The molecule has 134 valence electrons. The van der Waals surface area contributed by atoms with Crippen molar-refractivity contribution in [2.45, 2.75) is 13.8 Å². The summed E-state index contributed by atoms with van der Waals surface area (Å²) < 4.78 is 20.0. The number of anilines is 1. The van der Waals surface area contributed by atoms with Crippen molar-refractivity contribution in [2.24, 2.45) is 0 Å². The molecule has 1 heterocycles. The first-order chi connectivity index (χ1) is 12.5. The zero-order valence-corrected chi connectivity index (χ0v) is 15.0. The summed E-state index contributed by atoms with van der Waals surface area (Å²) in [5, 5.41) is 7.26. The van der Waals surface area contributed by atoms with Gasteiger partial charge in [0.2, 0.25) is 0 Å². The number of nitrogens with zero attached hydrogens (tertiary/aromatic N) is 2. The molecule has 26 heavy (non-hydrogen) atoms. The zero-order valence-electron chi connectivity index (χ0n) is 14.3. The Balaban J connectivity index is 1.92. The molecule has 3 aromatic rings. The van der Waals surface area contributed by atoms with E-state index in [1.165, 1.54) is 16.8 Å². The van der Waals surface area contributed by atoms with Gasteiger partial charge in [-0.05, 0) is 50.2 Å². The number of benzene rings is 2. The van der Waals surface area contributed by atoms with Crippen molar-refractivity contribution < 1.29 is 13.9 Å². The molecule has 0 radical (unpaired) electrons. The van der Waals surface area contributed by atoms with Crippen molar-refractivity contribution in [3.05, 3.63) is 70.8 Å². The van der Waals surface area contributed by atoms with E-state index in [0.717, 1.165) is 0 Å². The van der Waals surface area contributed by atoms with E-state index in [2.05, 4.69) is 10.4 Å². The maximum absolute atomic E-state index is 13.1. The van der Waals surface area contributed by atoms with Crippen LogP contribution in [0.25, 0.3) is 5.69 Å². The molecule has 0 unspecified atom stereocenters. The fourth-order valence-electron chi connectivity index (χ4n) is 2.55. The number of hydrogen-bond donors (Lipinski definition) is 1. The Morgan fingerprint density at radius 1 is 1.23 bits per heavy atom. The number of halogens is 2. The van der Waals surface area contributed by atoms with Crippen molar-refractivity contribution in [1.29, 1.82) is 0 Å². The molecule has 3 rings (SSSR count). The number of carbonyl (C=O) groups excluding carboxylic acids is 1. The highest BCUT2D eigenvalue weighted by Gasteiger charge is 2.22. The minimum atomic E-state index is -0.395. The summed E-state index contributed by atoms with van der Waals surface area (Å²) in [7, 11) is 0. The van der Waals surface area contributed by atoms with Crippen LogP contribution in [-0.4, -0.2) is 22.3 Å². The van der Waals surface area contributed by atoms with Crippen LogP contribution in [-0.2, 0) is 0 Å². The molecule has 1 aromatic heterocycles. The van der Waals surface area contributed by atoms with Crippen molar-refractivity contribution in [3.63, 3.8) is 0 Å². The molecule has 0 aliphatic carbocycles. The van der Waals surface area contributed by atoms with E-state index >= 15 is 0 Å². The number of hydrogen-bond acceptors (Lipinski definition) is 3. The standard InChI is InChI=1S/C19H17ClFN3O2/c1-3-26-16-7-5-4-6-15(16)22-19(25)17-12(2)23-24(18(17)20)14-10-8-13(21)9-11-14/h4-11H,3H2,1-2H3,(H,22,25). The van der Waals surface area contributed by atoms with Gasteiger partial charge in [0, 0.05) is 0 Å². The molecule has 2 aromatic carbocycles. The van der Waals surface area contributed by atoms with Crippen LogP contribution in [0.15, 0.2) is 48.5 Å². The number of aromatic nitrogens is 2. The van der Waals surface area contributed by atoms with E-state index in [-0.39, 0.29) is 16.5 Å². The van der Waals surface area contributed by atoms with Crippen molar-refractivity contribution in [1.82, 2.24) is 9.78 Å². The smallest absolute Gasteiger partial charge is 0.260 e. The van der Waals surface area contributed by atoms with Gasteiger partial charge in [-0.3, -0.25) is 4.79 Å². The van der Waals surface area contributed by atoms with Crippen LogP contribution in [0.3, 0.4) is 0 Å². The molecule has 0 fully saturated rings. The second-order valence-corrected chi connectivity index (χ2v) is 5.88. The van der Waals surface area contributed by atoms with E-state index in [1.807, 2.05) is 13.0 Å². The Labute approximate surface area is 155 Å². The zero-order chi connectivity index (χ0) is 18.7. The summed E-state index contributed by atoms with van der Waals surface area (Å²) in [6.07, 6.45) is 0. The fraction of sp³-hybridized carbons (Fsp3) is 0.158. The molecule has 0 saturated carbocycles. The first kappa shape index (κ1) is 17.9. The number of aryl methyl sites for hydroxylation is 1. The lowest BCUT2D eigenvalue weighted by atomic mass is 10.2. The summed E-state index contributed by atoms with van der Waals surface area (Å²) in [6.45, 7) is 4.04. The van der Waals surface area contributed by atoms with Gasteiger partial charge in [-0.2, -0.15) is 5.10 Å². The van der Waals surface area contributed by atoms with E-state index < -0.39 is 5.91 Å². The Kier molecular flexibility index (Phi) is 5.23. The number of ether oxygens (including phenoxy) is 1. The topological polar surface area (TPSA) is 56.1 Å². The molecule has 1 N–H and O–H groups in total. The van der Waals surface area contributed by atoms with Crippen LogP contribution >= 0.6 is 11.6 Å². The molecular weight excluding hydrogens is 357 g/mol. The highest BCUT2D eigenvalue weighted by molar-refractivity contribution is 6.34. The van der Waals surface area contributed by atoms with Crippen LogP contribution in [0, 0.1) is 12.7 Å². The molecule has 1 amide bonds. The summed E-state index contributed by atoms with van der Waals surface area (Å²) in [5.74, 6) is -0.185. The van der Waals surface area contributed by atoms with Crippen LogP contribution in [0.1, 0.15) is 23.0 Å². The van der Waals surface area contributed by atoms with Crippen LogP contribution < -0.4 is 10.1 Å². The first-order valence-electron chi connectivity index (χ1n) is 8.05. The molecule has 0 spiro atoms. The summed E-state index contributed by atoms with van der Waals surface area (Å²) >= 11 is 6.38. The van der Waals surface area contributed by atoms with Gasteiger partial charge in [0.25, 0.3) is 5.91 Å². The molecule has 0 bridgehead atoms. The molecule has 0 aliphatic heterocycles. The summed E-state index contributed by atoms with van der Waals surface area (Å²) in [5.41, 5.74) is 1.82. The fourth-order valence-corrected chi connectivity index (χ4v) is 2.90. The second-order valence-electron chi connectivity index (χ2n) is 5.52. The van der Waals surface area contributed by atoms with Gasteiger partial charge in [0.15, 0.2) is 0 Å². The number of carbonyl (C=O) groups is 1. The van der Waals surface area contributed by atoms with Crippen LogP contribution in [0.4, 0.5) is 10.1 Å². The average molecular weight is 374 g/mol. The van der Waals surface area contributed by atoms with E-state index in [0.29, 0.717) is 29.4 Å². The molecular formula is C19H17ClFN3O2. The number of nitrogens with one attached hydrogen (secondary N) is 1. The summed E-state index contributed by atoms with van der Waals surface area (Å²) in [4.78, 5) is 12.7. The average Bonchev–Trinajstić information content (AvgIpc) is 2.92. The van der Waals surface area contributed by atoms with Crippen molar-refractivity contribution >= 4 is 23.2 Å². The molecule has 0 saturated heterocycles. The number of rotatable bonds is 5. The maximum atomic E-state index is 13.1. The van der Waals surface area contributed by atoms with Gasteiger partial charge in [-0.25, -0.2) is 9.07 Å². The highest BCUT2D eigenvalue weighted by Crippen LogP contribution is 2.28. The Morgan fingerprint density at radius 3 is 2.62 bits per heavy atom. The van der Waals surface area contributed by atoms with Crippen LogP contribution in [0.5, 0.6) is 5.75 Å². The Morgan fingerprint density at radius 2 is 1.92 bits per heavy atom. The quantitative estimate of drug-likeness (QED) is 0.709. The van der Waals surface area contributed by atoms with Crippen molar-refractivity contribution in [2.75, 3.05) is 11.9 Å². The third-order valence-electron chi connectivity index (χ3n) is 3.74. The lowest BCUT2D eigenvalue weighted by Gasteiger charge is -2.11. The van der Waals surface area contributed by atoms with E-state index in [1.54, 1.807) is 37.3 Å². The van der Waals surface area contributed by atoms with Gasteiger partial charge in [-0.1, -0.05) is 23.7 Å².